The van der Waals surface area contributed by atoms with Gasteiger partial charge in [0.1, 0.15) is 0 Å². The molecule has 3 atom stereocenters. The summed E-state index contributed by atoms with van der Waals surface area (Å²) in [6, 6.07) is 1.92. The number of rotatable bonds is 4. The van der Waals surface area contributed by atoms with Crippen LogP contribution in [0.1, 0.15) is 44.7 Å². The van der Waals surface area contributed by atoms with E-state index < -0.39 is 0 Å². The van der Waals surface area contributed by atoms with E-state index in [0.29, 0.717) is 18.2 Å². The summed E-state index contributed by atoms with van der Waals surface area (Å²) >= 11 is 0. The van der Waals surface area contributed by atoms with E-state index in [1.807, 2.05) is 6.07 Å². The third-order valence-electron chi connectivity index (χ3n) is 4.61. The van der Waals surface area contributed by atoms with Crippen molar-refractivity contribution in [2.24, 2.45) is 17.8 Å². The molecule has 1 aromatic heterocycles. The zero-order chi connectivity index (χ0) is 12.5. The molecule has 0 saturated heterocycles. The number of nitrogens with zero attached hydrogens (tertiary/aromatic N) is 1. The maximum absolute atomic E-state index is 12.0. The van der Waals surface area contributed by atoms with Crippen molar-refractivity contribution in [3.05, 3.63) is 11.8 Å². The van der Waals surface area contributed by atoms with Crippen LogP contribution in [-0.2, 0) is 11.2 Å². The fraction of sp³-hybridized carbons (Fsp3) is 0.714. The van der Waals surface area contributed by atoms with E-state index in [1.54, 1.807) is 0 Å². The van der Waals surface area contributed by atoms with Crippen LogP contribution in [0.25, 0.3) is 0 Å². The number of hydrogen-bond donors (Lipinski definition) is 2. The lowest BCUT2D eigenvalue weighted by Crippen LogP contribution is -2.20. The standard InChI is InChI=1S/C14H21N3O/c1-2-12-8-13(17-16-12)15-14(18)7-11-6-9-3-4-10(11)5-9/h8-11H,2-7H2,1H3,(H2,15,16,17,18). The van der Waals surface area contributed by atoms with Crippen LogP contribution >= 0.6 is 0 Å². The number of carbonyl (C=O) groups excluding carboxylic acids is 1. The lowest BCUT2D eigenvalue weighted by molar-refractivity contribution is -0.117. The first kappa shape index (κ1) is 11.8. The molecule has 3 unspecified atom stereocenters. The summed E-state index contributed by atoms with van der Waals surface area (Å²) in [4.78, 5) is 12.0. The molecule has 1 amide bonds. The fourth-order valence-electron chi connectivity index (χ4n) is 3.67. The largest absolute Gasteiger partial charge is 0.309 e. The van der Waals surface area contributed by atoms with Gasteiger partial charge in [0.25, 0.3) is 0 Å². The van der Waals surface area contributed by atoms with Crippen LogP contribution in [0.3, 0.4) is 0 Å². The summed E-state index contributed by atoms with van der Waals surface area (Å²) in [5, 5.41) is 9.91. The van der Waals surface area contributed by atoms with Gasteiger partial charge in [-0.3, -0.25) is 9.89 Å². The van der Waals surface area contributed by atoms with Gasteiger partial charge < -0.3 is 5.32 Å². The number of aryl methyl sites for hydroxylation is 1. The monoisotopic (exact) mass is 247 g/mol. The molecule has 2 fully saturated rings. The van der Waals surface area contributed by atoms with Crippen LogP contribution in [0.4, 0.5) is 5.82 Å². The number of carbonyl (C=O) groups is 1. The van der Waals surface area contributed by atoms with Crippen molar-refractivity contribution in [3.63, 3.8) is 0 Å². The molecule has 0 spiro atoms. The highest BCUT2D eigenvalue weighted by Crippen LogP contribution is 2.49. The average molecular weight is 247 g/mol. The smallest absolute Gasteiger partial charge is 0.225 e. The summed E-state index contributed by atoms with van der Waals surface area (Å²) in [6.45, 7) is 2.06. The van der Waals surface area contributed by atoms with E-state index in [-0.39, 0.29) is 5.91 Å². The topological polar surface area (TPSA) is 57.8 Å². The third-order valence-corrected chi connectivity index (χ3v) is 4.61. The van der Waals surface area contributed by atoms with E-state index in [1.165, 1.54) is 25.7 Å². The van der Waals surface area contributed by atoms with Crippen LogP contribution < -0.4 is 5.32 Å². The number of H-pyrrole nitrogens is 1. The Balaban J connectivity index is 1.52. The molecule has 0 aromatic carbocycles. The highest BCUT2D eigenvalue weighted by Gasteiger charge is 2.40. The quantitative estimate of drug-likeness (QED) is 0.859. The minimum absolute atomic E-state index is 0.127. The lowest BCUT2D eigenvalue weighted by Gasteiger charge is -2.20. The van der Waals surface area contributed by atoms with Gasteiger partial charge in [-0.25, -0.2) is 0 Å². The zero-order valence-electron chi connectivity index (χ0n) is 10.9. The second-order valence-electron chi connectivity index (χ2n) is 5.82. The minimum atomic E-state index is 0.127. The number of hydrogen-bond acceptors (Lipinski definition) is 2. The molecule has 3 rings (SSSR count). The van der Waals surface area contributed by atoms with Gasteiger partial charge in [0.2, 0.25) is 5.91 Å². The second kappa shape index (κ2) is 4.75. The van der Waals surface area contributed by atoms with Gasteiger partial charge in [0.15, 0.2) is 5.82 Å². The number of fused-ring (bicyclic) bond motifs is 2. The molecule has 1 aromatic rings. The van der Waals surface area contributed by atoms with E-state index in [2.05, 4.69) is 22.4 Å². The number of aromatic nitrogens is 2. The Bertz CT molecular complexity index is 440. The summed E-state index contributed by atoms with van der Waals surface area (Å²) in [6.07, 6.45) is 6.94. The Hall–Kier alpha value is -1.32. The number of nitrogens with one attached hydrogen (secondary N) is 2. The van der Waals surface area contributed by atoms with Crippen LogP contribution in [0, 0.1) is 17.8 Å². The number of anilines is 1. The van der Waals surface area contributed by atoms with Crippen LogP contribution in [-0.4, -0.2) is 16.1 Å². The molecule has 0 radical (unpaired) electrons. The Morgan fingerprint density at radius 2 is 2.39 bits per heavy atom. The van der Waals surface area contributed by atoms with Gasteiger partial charge in [-0.15, -0.1) is 0 Å². The normalized spacial score (nSPS) is 29.7. The minimum Gasteiger partial charge on any atom is -0.309 e. The van der Waals surface area contributed by atoms with Crippen molar-refractivity contribution >= 4 is 11.7 Å². The Morgan fingerprint density at radius 3 is 3.00 bits per heavy atom. The van der Waals surface area contributed by atoms with E-state index in [9.17, 15) is 4.79 Å². The van der Waals surface area contributed by atoms with E-state index >= 15 is 0 Å². The number of aromatic amines is 1. The van der Waals surface area contributed by atoms with Crippen molar-refractivity contribution in [2.75, 3.05) is 5.32 Å². The molecule has 0 aliphatic heterocycles. The maximum atomic E-state index is 12.0. The first-order valence-electron chi connectivity index (χ1n) is 7.08. The first-order valence-corrected chi connectivity index (χ1v) is 7.08. The summed E-state index contributed by atoms with van der Waals surface area (Å²) in [7, 11) is 0. The highest BCUT2D eigenvalue weighted by molar-refractivity contribution is 5.89. The molecule has 4 nitrogen and oxygen atoms in total. The SMILES string of the molecule is CCc1cc(NC(=O)CC2CC3CCC2C3)n[nH]1. The van der Waals surface area contributed by atoms with Gasteiger partial charge in [0.05, 0.1) is 0 Å². The molecule has 2 N–H and O–H groups in total. The molecular weight excluding hydrogens is 226 g/mol. The van der Waals surface area contributed by atoms with Gasteiger partial charge in [-0.2, -0.15) is 5.10 Å². The molecule has 2 aliphatic rings. The molecule has 2 saturated carbocycles. The highest BCUT2D eigenvalue weighted by atomic mass is 16.1. The molecule has 4 heteroatoms. The van der Waals surface area contributed by atoms with Gasteiger partial charge >= 0.3 is 0 Å². The van der Waals surface area contributed by atoms with Crippen molar-refractivity contribution in [1.82, 2.24) is 10.2 Å². The van der Waals surface area contributed by atoms with Crippen LogP contribution in [0.2, 0.25) is 0 Å². The molecule has 98 valence electrons. The maximum Gasteiger partial charge on any atom is 0.225 e. The van der Waals surface area contributed by atoms with Crippen LogP contribution in [0.5, 0.6) is 0 Å². The first-order chi connectivity index (χ1) is 8.74. The summed E-state index contributed by atoms with van der Waals surface area (Å²) < 4.78 is 0. The van der Waals surface area contributed by atoms with E-state index in [0.717, 1.165) is 24.0 Å². The third kappa shape index (κ3) is 2.28. The molecule has 2 aliphatic carbocycles. The van der Waals surface area contributed by atoms with Gasteiger partial charge in [-0.1, -0.05) is 13.3 Å². The Labute approximate surface area is 108 Å². The predicted octanol–water partition coefficient (Wildman–Crippen LogP) is 2.74. The summed E-state index contributed by atoms with van der Waals surface area (Å²) in [5.41, 5.74) is 1.06. The Morgan fingerprint density at radius 1 is 1.50 bits per heavy atom. The zero-order valence-corrected chi connectivity index (χ0v) is 10.9. The fourth-order valence-corrected chi connectivity index (χ4v) is 3.67. The van der Waals surface area contributed by atoms with Gasteiger partial charge in [-0.05, 0) is 43.4 Å². The number of amides is 1. The second-order valence-corrected chi connectivity index (χ2v) is 5.82. The van der Waals surface area contributed by atoms with Crippen molar-refractivity contribution in [2.45, 2.75) is 45.4 Å². The average Bonchev–Trinajstić information content (AvgIpc) is 3.04. The van der Waals surface area contributed by atoms with E-state index in [4.69, 9.17) is 0 Å². The van der Waals surface area contributed by atoms with Crippen molar-refractivity contribution in [3.8, 4) is 0 Å². The van der Waals surface area contributed by atoms with Crippen LogP contribution in [0.15, 0.2) is 6.07 Å². The van der Waals surface area contributed by atoms with Crippen molar-refractivity contribution < 1.29 is 4.79 Å². The van der Waals surface area contributed by atoms with Crippen molar-refractivity contribution in [1.29, 1.82) is 0 Å². The molecule has 18 heavy (non-hydrogen) atoms. The lowest BCUT2D eigenvalue weighted by atomic mass is 9.86. The summed E-state index contributed by atoms with van der Waals surface area (Å²) in [5.74, 6) is 3.13. The molecule has 1 heterocycles. The molecular formula is C14H21N3O. The predicted molar refractivity (Wildman–Crippen MR) is 70.2 cm³/mol. The molecule has 2 bridgehead atoms. The Kier molecular flexibility index (Phi) is 3.10. The van der Waals surface area contributed by atoms with Gasteiger partial charge in [0, 0.05) is 18.2 Å².